The second-order valence-corrected chi connectivity index (χ2v) is 5.77. The van der Waals surface area contributed by atoms with Crippen molar-refractivity contribution in [3.63, 3.8) is 0 Å². The minimum absolute atomic E-state index is 0.0000301. The number of carbonyl (C=O) groups is 1. The second kappa shape index (κ2) is 5.69. The Bertz CT molecular complexity index is 385. The Morgan fingerprint density at radius 3 is 2.33 bits per heavy atom. The third-order valence-corrected chi connectivity index (χ3v) is 4.69. The fraction of sp³-hybridized carbons (Fsp3) is 0.588. The molecule has 0 aromatic heterocycles. The highest BCUT2D eigenvalue weighted by molar-refractivity contribution is 5.82. The highest BCUT2D eigenvalue weighted by Gasteiger charge is 2.38. The monoisotopic (exact) mass is 244 g/mol. The summed E-state index contributed by atoms with van der Waals surface area (Å²) in [7, 11) is 0. The van der Waals surface area contributed by atoms with Gasteiger partial charge in [0.1, 0.15) is 5.78 Å². The van der Waals surface area contributed by atoms with Gasteiger partial charge in [-0.05, 0) is 50.5 Å². The van der Waals surface area contributed by atoms with E-state index in [2.05, 4.69) is 37.3 Å². The quantitative estimate of drug-likeness (QED) is 0.749. The number of hydrogen-bond acceptors (Lipinski definition) is 1. The molecule has 1 aromatic rings. The van der Waals surface area contributed by atoms with Crippen LogP contribution in [0.1, 0.15) is 63.9 Å². The lowest BCUT2D eigenvalue weighted by Gasteiger charge is -2.38. The van der Waals surface area contributed by atoms with Crippen molar-refractivity contribution in [1.29, 1.82) is 0 Å². The maximum atomic E-state index is 12.0. The Kier molecular flexibility index (Phi) is 4.21. The molecule has 0 amide bonds. The normalized spacial score (nSPS) is 28.0. The summed E-state index contributed by atoms with van der Waals surface area (Å²) in [6.45, 7) is 3.98. The van der Waals surface area contributed by atoms with Crippen molar-refractivity contribution in [1.82, 2.24) is 0 Å². The predicted octanol–water partition coefficient (Wildman–Crippen LogP) is 4.72. The van der Waals surface area contributed by atoms with E-state index in [0.717, 1.165) is 25.7 Å². The SMILES string of the molecule is CCCC1(C(C)=O)CCC(c2ccccc2)CC1. The molecule has 0 radical (unpaired) electrons. The summed E-state index contributed by atoms with van der Waals surface area (Å²) >= 11 is 0. The highest BCUT2D eigenvalue weighted by atomic mass is 16.1. The molecule has 1 fully saturated rings. The van der Waals surface area contributed by atoms with Gasteiger partial charge < -0.3 is 0 Å². The van der Waals surface area contributed by atoms with Crippen LogP contribution in [0.25, 0.3) is 0 Å². The summed E-state index contributed by atoms with van der Waals surface area (Å²) in [5, 5.41) is 0. The molecule has 0 spiro atoms. The Morgan fingerprint density at radius 1 is 1.22 bits per heavy atom. The minimum atomic E-state index is 0.0000301. The first-order chi connectivity index (χ1) is 8.68. The summed E-state index contributed by atoms with van der Waals surface area (Å²) in [5.41, 5.74) is 1.45. The van der Waals surface area contributed by atoms with Crippen molar-refractivity contribution in [2.24, 2.45) is 5.41 Å². The van der Waals surface area contributed by atoms with E-state index < -0.39 is 0 Å². The van der Waals surface area contributed by atoms with Gasteiger partial charge in [-0.25, -0.2) is 0 Å². The maximum absolute atomic E-state index is 12.0. The lowest BCUT2D eigenvalue weighted by molar-refractivity contribution is -0.129. The first kappa shape index (κ1) is 13.3. The number of ketones is 1. The van der Waals surface area contributed by atoms with Crippen molar-refractivity contribution in [2.45, 2.75) is 58.3 Å². The molecule has 1 aliphatic carbocycles. The standard InChI is InChI=1S/C17H24O/c1-3-11-17(14(2)18)12-9-16(10-13-17)15-7-5-4-6-8-15/h4-8,16H,3,9-13H2,1-2H3. The molecule has 1 nitrogen and oxygen atoms in total. The van der Waals surface area contributed by atoms with Crippen LogP contribution < -0.4 is 0 Å². The first-order valence-electron chi connectivity index (χ1n) is 7.24. The summed E-state index contributed by atoms with van der Waals surface area (Å²) in [6, 6.07) is 10.8. The number of rotatable bonds is 4. The highest BCUT2D eigenvalue weighted by Crippen LogP contribution is 2.46. The van der Waals surface area contributed by atoms with Gasteiger partial charge in [-0.2, -0.15) is 0 Å². The molecule has 0 N–H and O–H groups in total. The van der Waals surface area contributed by atoms with Gasteiger partial charge >= 0.3 is 0 Å². The predicted molar refractivity (Wildman–Crippen MR) is 75.7 cm³/mol. The minimum Gasteiger partial charge on any atom is -0.299 e. The fourth-order valence-corrected chi connectivity index (χ4v) is 3.49. The van der Waals surface area contributed by atoms with E-state index in [9.17, 15) is 4.79 Å². The van der Waals surface area contributed by atoms with Crippen molar-refractivity contribution < 1.29 is 4.79 Å². The topological polar surface area (TPSA) is 17.1 Å². The summed E-state index contributed by atoms with van der Waals surface area (Å²) in [6.07, 6.45) is 6.69. The molecule has 98 valence electrons. The molecule has 0 bridgehead atoms. The van der Waals surface area contributed by atoms with Gasteiger partial charge in [-0.1, -0.05) is 43.7 Å². The molecule has 0 atom stereocenters. The molecule has 0 saturated heterocycles. The second-order valence-electron chi connectivity index (χ2n) is 5.77. The van der Waals surface area contributed by atoms with Crippen molar-refractivity contribution in [3.05, 3.63) is 35.9 Å². The van der Waals surface area contributed by atoms with Gasteiger partial charge in [0.15, 0.2) is 0 Å². The Morgan fingerprint density at radius 2 is 1.83 bits per heavy atom. The van der Waals surface area contributed by atoms with Crippen LogP contribution >= 0.6 is 0 Å². The zero-order chi connectivity index (χ0) is 13.0. The van der Waals surface area contributed by atoms with Crippen molar-refractivity contribution in [3.8, 4) is 0 Å². The maximum Gasteiger partial charge on any atom is 0.135 e. The molecule has 0 heterocycles. The molecule has 0 unspecified atom stereocenters. The molecular weight excluding hydrogens is 220 g/mol. The van der Waals surface area contributed by atoms with E-state index in [1.165, 1.54) is 18.4 Å². The van der Waals surface area contributed by atoms with E-state index in [4.69, 9.17) is 0 Å². The summed E-state index contributed by atoms with van der Waals surface area (Å²) in [5.74, 6) is 1.08. The molecule has 2 rings (SSSR count). The van der Waals surface area contributed by atoms with Crippen LogP contribution in [0.2, 0.25) is 0 Å². The van der Waals surface area contributed by atoms with Gasteiger partial charge in [-0.3, -0.25) is 4.79 Å². The Hall–Kier alpha value is -1.11. The molecule has 1 saturated carbocycles. The van der Waals surface area contributed by atoms with Crippen LogP contribution in [0.5, 0.6) is 0 Å². The van der Waals surface area contributed by atoms with E-state index in [1.54, 1.807) is 6.92 Å². The molecule has 18 heavy (non-hydrogen) atoms. The largest absolute Gasteiger partial charge is 0.299 e. The van der Waals surface area contributed by atoms with Crippen LogP contribution in [0.4, 0.5) is 0 Å². The third kappa shape index (κ3) is 2.66. The number of hydrogen-bond donors (Lipinski definition) is 0. The van der Waals surface area contributed by atoms with E-state index in [0.29, 0.717) is 11.7 Å². The number of carbonyl (C=O) groups excluding carboxylic acids is 1. The number of Topliss-reactive ketones (excluding diaryl/α,β-unsaturated/α-hetero) is 1. The summed E-state index contributed by atoms with van der Waals surface area (Å²) < 4.78 is 0. The number of benzene rings is 1. The Labute approximate surface area is 111 Å². The van der Waals surface area contributed by atoms with Gasteiger partial charge in [0.2, 0.25) is 0 Å². The molecule has 1 heteroatoms. The van der Waals surface area contributed by atoms with Crippen LogP contribution in [-0.4, -0.2) is 5.78 Å². The molecule has 0 aliphatic heterocycles. The lowest BCUT2D eigenvalue weighted by Crippen LogP contribution is -2.33. The van der Waals surface area contributed by atoms with Crippen LogP contribution in [-0.2, 0) is 4.79 Å². The fourth-order valence-electron chi connectivity index (χ4n) is 3.49. The Balaban J connectivity index is 2.05. The zero-order valence-electron chi connectivity index (χ0n) is 11.6. The van der Waals surface area contributed by atoms with E-state index in [1.807, 2.05) is 0 Å². The van der Waals surface area contributed by atoms with Gasteiger partial charge in [-0.15, -0.1) is 0 Å². The third-order valence-electron chi connectivity index (χ3n) is 4.69. The van der Waals surface area contributed by atoms with Crippen molar-refractivity contribution in [2.75, 3.05) is 0 Å². The molecular formula is C17H24O. The van der Waals surface area contributed by atoms with E-state index >= 15 is 0 Å². The first-order valence-corrected chi connectivity index (χ1v) is 7.24. The smallest absolute Gasteiger partial charge is 0.135 e. The van der Waals surface area contributed by atoms with Gasteiger partial charge in [0, 0.05) is 5.41 Å². The van der Waals surface area contributed by atoms with Gasteiger partial charge in [0.25, 0.3) is 0 Å². The zero-order valence-corrected chi connectivity index (χ0v) is 11.6. The van der Waals surface area contributed by atoms with E-state index in [-0.39, 0.29) is 5.41 Å². The van der Waals surface area contributed by atoms with Crippen LogP contribution in [0.3, 0.4) is 0 Å². The van der Waals surface area contributed by atoms with Crippen molar-refractivity contribution >= 4 is 5.78 Å². The molecule has 1 aromatic carbocycles. The lowest BCUT2D eigenvalue weighted by atomic mass is 9.65. The summed E-state index contributed by atoms with van der Waals surface area (Å²) in [4.78, 5) is 12.0. The van der Waals surface area contributed by atoms with Crippen LogP contribution in [0, 0.1) is 5.41 Å². The van der Waals surface area contributed by atoms with Gasteiger partial charge in [0.05, 0.1) is 0 Å². The van der Waals surface area contributed by atoms with Crippen LogP contribution in [0.15, 0.2) is 30.3 Å². The molecule has 1 aliphatic rings. The average Bonchev–Trinajstić information content (AvgIpc) is 2.41. The average molecular weight is 244 g/mol.